The molecule has 5 nitrogen and oxygen atoms in total. The van der Waals surface area contributed by atoms with Crippen molar-refractivity contribution >= 4 is 11.6 Å². The summed E-state index contributed by atoms with van der Waals surface area (Å²) in [7, 11) is 0. The number of phenols is 1. The average molecular weight is 685 g/mol. The van der Waals surface area contributed by atoms with Gasteiger partial charge in [0.05, 0.1) is 11.7 Å². The Kier molecular flexibility index (Phi) is 8.43. The highest BCUT2D eigenvalue weighted by Gasteiger charge is 2.69. The summed E-state index contributed by atoms with van der Waals surface area (Å²) in [6.45, 7) is 14.0. The van der Waals surface area contributed by atoms with E-state index >= 15 is 0 Å². The number of carbonyl (C=O) groups excluding carboxylic acids is 2. The quantitative estimate of drug-likeness (QED) is 0.279. The van der Waals surface area contributed by atoms with Crippen molar-refractivity contribution in [3.8, 4) is 5.75 Å². The lowest BCUT2D eigenvalue weighted by Crippen LogP contribution is -2.63. The van der Waals surface area contributed by atoms with Crippen molar-refractivity contribution in [3.05, 3.63) is 41.0 Å². The highest BCUT2D eigenvalue weighted by Crippen LogP contribution is 2.75. The van der Waals surface area contributed by atoms with Gasteiger partial charge < -0.3 is 14.9 Å². The van der Waals surface area contributed by atoms with Gasteiger partial charge in [-0.2, -0.15) is 0 Å². The fourth-order valence-corrected chi connectivity index (χ4v) is 14.5. The van der Waals surface area contributed by atoms with E-state index in [9.17, 15) is 19.8 Å². The molecule has 1 saturated heterocycles. The van der Waals surface area contributed by atoms with Gasteiger partial charge in [0.2, 0.25) is 0 Å². The molecule has 0 bridgehead atoms. The third-order valence-corrected chi connectivity index (χ3v) is 17.3. The van der Waals surface area contributed by atoms with E-state index in [4.69, 9.17) is 4.74 Å². The van der Waals surface area contributed by atoms with Gasteiger partial charge in [-0.05, 0) is 135 Å². The molecule has 6 aliphatic carbocycles. The number of fused-ring (bicyclic) bond motifs is 5. The Morgan fingerprint density at radius 3 is 2.28 bits per heavy atom. The van der Waals surface area contributed by atoms with E-state index in [2.05, 4.69) is 41.5 Å². The maximum absolute atomic E-state index is 14.7. The van der Waals surface area contributed by atoms with Crippen LogP contribution < -0.4 is 0 Å². The highest BCUT2D eigenvalue weighted by atomic mass is 16.6. The summed E-state index contributed by atoms with van der Waals surface area (Å²) in [5, 5.41) is 22.3. The van der Waals surface area contributed by atoms with Gasteiger partial charge >= 0.3 is 0 Å². The molecule has 0 amide bonds. The summed E-state index contributed by atoms with van der Waals surface area (Å²) < 4.78 is 6.39. The molecule has 10 atom stereocenters. The number of hydrogen-bond acceptors (Lipinski definition) is 5. The number of rotatable bonds is 7. The molecule has 0 radical (unpaired) electrons. The Morgan fingerprint density at radius 2 is 1.58 bits per heavy atom. The monoisotopic (exact) mass is 684 g/mol. The van der Waals surface area contributed by atoms with Crippen molar-refractivity contribution in [2.45, 2.75) is 168 Å². The van der Waals surface area contributed by atoms with Crippen LogP contribution in [0.25, 0.3) is 0 Å². The maximum Gasteiger partial charge on any atom is 0.160 e. The predicted octanol–water partition coefficient (Wildman–Crippen LogP) is 9.88. The number of aromatic hydroxyl groups is 1. The zero-order valence-electron chi connectivity index (χ0n) is 31.9. The van der Waals surface area contributed by atoms with Crippen LogP contribution in [0.4, 0.5) is 0 Å². The van der Waals surface area contributed by atoms with Crippen LogP contribution in [-0.2, 0) is 14.3 Å². The van der Waals surface area contributed by atoms with E-state index in [0.29, 0.717) is 42.2 Å². The summed E-state index contributed by atoms with van der Waals surface area (Å²) >= 11 is 0. The van der Waals surface area contributed by atoms with E-state index in [1.54, 1.807) is 12.1 Å². The molecule has 6 fully saturated rings. The second-order valence-electron chi connectivity index (χ2n) is 19.9. The minimum absolute atomic E-state index is 0.0561. The van der Waals surface area contributed by atoms with Crippen LogP contribution in [0.15, 0.2) is 35.4 Å². The van der Waals surface area contributed by atoms with Crippen LogP contribution in [0.3, 0.4) is 0 Å². The fraction of sp³-hybridized carbons (Fsp3) is 0.778. The van der Waals surface area contributed by atoms with Crippen LogP contribution in [0.5, 0.6) is 5.75 Å². The molecule has 8 rings (SSSR count). The van der Waals surface area contributed by atoms with Crippen molar-refractivity contribution in [1.82, 2.24) is 0 Å². The minimum Gasteiger partial charge on any atom is -0.508 e. The Balaban J connectivity index is 1.13. The molecular formula is C45H64O5. The lowest BCUT2D eigenvalue weighted by molar-refractivity contribution is -0.183. The van der Waals surface area contributed by atoms with Crippen molar-refractivity contribution in [1.29, 1.82) is 0 Å². The molecule has 50 heavy (non-hydrogen) atoms. The highest BCUT2D eigenvalue weighted by molar-refractivity contribution is 6.01. The van der Waals surface area contributed by atoms with E-state index in [-0.39, 0.29) is 51.5 Å². The second kappa shape index (κ2) is 12.0. The number of epoxide rings is 1. The number of ketones is 2. The molecule has 1 aromatic carbocycles. The molecule has 0 spiro atoms. The summed E-state index contributed by atoms with van der Waals surface area (Å²) in [4.78, 5) is 28.9. The van der Waals surface area contributed by atoms with Crippen LogP contribution in [0.1, 0.15) is 156 Å². The number of aliphatic hydroxyl groups excluding tert-OH is 1. The lowest BCUT2D eigenvalue weighted by Gasteiger charge is -2.68. The van der Waals surface area contributed by atoms with Crippen LogP contribution in [0, 0.1) is 51.2 Å². The number of carbonyl (C=O) groups is 2. The molecule has 10 unspecified atom stereocenters. The second-order valence-corrected chi connectivity index (χ2v) is 19.9. The minimum atomic E-state index is -0.530. The van der Waals surface area contributed by atoms with E-state index in [0.717, 1.165) is 56.1 Å². The third kappa shape index (κ3) is 5.04. The van der Waals surface area contributed by atoms with Gasteiger partial charge in [0.15, 0.2) is 5.78 Å². The Labute approximate surface area is 301 Å². The van der Waals surface area contributed by atoms with E-state index in [1.807, 2.05) is 12.1 Å². The van der Waals surface area contributed by atoms with E-state index < -0.39 is 11.5 Å². The topological polar surface area (TPSA) is 87.1 Å². The average Bonchev–Trinajstić information content (AvgIpc) is 3.37. The normalized spacial score (nSPS) is 42.9. The molecule has 1 heterocycles. The molecule has 1 aliphatic heterocycles. The van der Waals surface area contributed by atoms with Gasteiger partial charge in [0, 0.05) is 23.2 Å². The fourth-order valence-electron chi connectivity index (χ4n) is 14.5. The Bertz CT molecular complexity index is 1560. The van der Waals surface area contributed by atoms with Gasteiger partial charge in [-0.25, -0.2) is 0 Å². The van der Waals surface area contributed by atoms with Gasteiger partial charge in [0.25, 0.3) is 0 Å². The number of allylic oxidation sites excluding steroid dienone is 2. The number of Topliss-reactive ketones (excluding diaryl/α,β-unsaturated/α-hetero) is 2. The van der Waals surface area contributed by atoms with Crippen LogP contribution >= 0.6 is 0 Å². The molecule has 274 valence electrons. The van der Waals surface area contributed by atoms with Gasteiger partial charge in [-0.15, -0.1) is 0 Å². The summed E-state index contributed by atoms with van der Waals surface area (Å²) in [6, 6.07) is 7.40. The predicted molar refractivity (Wildman–Crippen MR) is 197 cm³/mol. The lowest BCUT2D eigenvalue weighted by atomic mass is 9.35. The number of hydrogen-bond donors (Lipinski definition) is 2. The molecular weight excluding hydrogens is 620 g/mol. The maximum atomic E-state index is 14.7. The number of benzene rings is 1. The molecule has 0 aromatic heterocycles. The van der Waals surface area contributed by atoms with E-state index in [1.165, 1.54) is 50.5 Å². The van der Waals surface area contributed by atoms with Crippen molar-refractivity contribution in [2.75, 3.05) is 0 Å². The Morgan fingerprint density at radius 1 is 0.880 bits per heavy atom. The zero-order chi connectivity index (χ0) is 35.4. The molecule has 7 aliphatic rings. The first-order chi connectivity index (χ1) is 23.6. The summed E-state index contributed by atoms with van der Waals surface area (Å²) in [5.41, 5.74) is 2.49. The van der Waals surface area contributed by atoms with Crippen LogP contribution in [0.2, 0.25) is 0 Å². The van der Waals surface area contributed by atoms with Crippen LogP contribution in [-0.4, -0.2) is 39.6 Å². The van der Waals surface area contributed by atoms with Crippen molar-refractivity contribution < 1.29 is 24.5 Å². The van der Waals surface area contributed by atoms with Crippen molar-refractivity contribution in [3.63, 3.8) is 0 Å². The first-order valence-corrected chi connectivity index (χ1v) is 20.6. The summed E-state index contributed by atoms with van der Waals surface area (Å²) in [6.07, 6.45) is 16.4. The first-order valence-electron chi connectivity index (χ1n) is 20.6. The number of ether oxygens (including phenoxy) is 1. The molecule has 5 saturated carbocycles. The SMILES string of the molecule is CC1(C)C(=O)C(c2cccc(O)c2)CC2(C)C1CCC1(C)C2CCC2=C(C(CC(O)C3OC3(C)C3CCCC3)C3CCCCC3)C(=O)CC21C. The largest absolute Gasteiger partial charge is 0.508 e. The summed E-state index contributed by atoms with van der Waals surface area (Å²) in [5.74, 6) is 2.45. The van der Waals surface area contributed by atoms with Gasteiger partial charge in [0.1, 0.15) is 17.6 Å². The number of aliphatic hydroxyl groups is 1. The zero-order valence-corrected chi connectivity index (χ0v) is 31.9. The number of phenolic OH excluding ortho intramolecular Hbond substituents is 1. The molecule has 1 aromatic rings. The first kappa shape index (κ1) is 35.1. The van der Waals surface area contributed by atoms with Gasteiger partial charge in [-0.3, -0.25) is 9.59 Å². The molecule has 5 heteroatoms. The van der Waals surface area contributed by atoms with Gasteiger partial charge in [-0.1, -0.05) is 84.4 Å². The third-order valence-electron chi connectivity index (χ3n) is 17.3. The standard InChI is InChI=1S/C45H64O5/c1-41(2)36-21-22-43(4)37(42(36,3)25-32(39(41)49)28-15-12-18-30(46)23-28)20-19-33-38(35(48)26-44(33,43)5)31(27-13-8-7-9-14-27)24-34(47)40-45(6,50-40)29-16-10-11-17-29/h12,15,18,23,27,29,31-32,34,36-37,40,46-47H,7-11,13-14,16-17,19-22,24-26H2,1-6H3. The van der Waals surface area contributed by atoms with Crippen molar-refractivity contribution in [2.24, 2.45) is 51.2 Å². The Hall–Kier alpha value is -1.98. The smallest absolute Gasteiger partial charge is 0.160 e. The molecule has 2 N–H and O–H groups in total.